The number of nitrogens with zero attached hydrogens (tertiary/aromatic N) is 2. The van der Waals surface area contributed by atoms with Crippen LogP contribution in [0, 0.1) is 0 Å². The van der Waals surface area contributed by atoms with Crippen LogP contribution in [0.4, 0.5) is 5.82 Å². The summed E-state index contributed by atoms with van der Waals surface area (Å²) in [6.07, 6.45) is 3.83. The summed E-state index contributed by atoms with van der Waals surface area (Å²) in [6, 6.07) is 6.32. The Hall–Kier alpha value is -1.18. The van der Waals surface area contributed by atoms with Crippen molar-refractivity contribution in [1.82, 2.24) is 15.0 Å². The molecule has 2 rings (SSSR count). The van der Waals surface area contributed by atoms with Crippen molar-refractivity contribution in [2.75, 3.05) is 37.3 Å². The van der Waals surface area contributed by atoms with Gasteiger partial charge in [0.05, 0.1) is 5.75 Å². The fourth-order valence-electron chi connectivity index (χ4n) is 2.35. The van der Waals surface area contributed by atoms with Crippen molar-refractivity contribution in [3.05, 3.63) is 24.4 Å². The Bertz CT molecular complexity index is 498. The number of nitrogens with one attached hydrogen (secondary N) is 2. The molecular formula is C13H22N4O2S. The molecule has 2 N–H and O–H groups in total. The van der Waals surface area contributed by atoms with Crippen molar-refractivity contribution in [3.8, 4) is 0 Å². The van der Waals surface area contributed by atoms with Crippen LogP contribution in [-0.2, 0) is 10.0 Å². The quantitative estimate of drug-likeness (QED) is 0.784. The highest BCUT2D eigenvalue weighted by molar-refractivity contribution is 7.89. The van der Waals surface area contributed by atoms with E-state index < -0.39 is 10.0 Å². The van der Waals surface area contributed by atoms with Gasteiger partial charge in [-0.3, -0.25) is 0 Å². The molecule has 20 heavy (non-hydrogen) atoms. The summed E-state index contributed by atoms with van der Waals surface area (Å²) in [5.74, 6) is 1.15. The number of rotatable bonds is 6. The number of hydrogen-bond acceptors (Lipinski definition) is 5. The molecule has 0 bridgehead atoms. The zero-order chi connectivity index (χ0) is 14.4. The van der Waals surface area contributed by atoms with Crippen molar-refractivity contribution in [2.24, 2.45) is 0 Å². The summed E-state index contributed by atoms with van der Waals surface area (Å²) in [5, 5.41) is 3.32. The molecule has 0 atom stereocenters. The van der Waals surface area contributed by atoms with Crippen LogP contribution in [0.15, 0.2) is 24.4 Å². The second-order valence-electron chi connectivity index (χ2n) is 4.93. The van der Waals surface area contributed by atoms with E-state index in [0.717, 1.165) is 31.7 Å². The molecular weight excluding hydrogens is 276 g/mol. The number of anilines is 1. The number of piperidine rings is 1. The molecule has 1 aliphatic heterocycles. The Morgan fingerprint density at radius 3 is 2.70 bits per heavy atom. The molecule has 6 nitrogen and oxygen atoms in total. The van der Waals surface area contributed by atoms with Crippen LogP contribution in [0.25, 0.3) is 0 Å². The minimum atomic E-state index is -3.11. The Balaban J connectivity index is 1.72. The highest BCUT2D eigenvalue weighted by Crippen LogP contribution is 2.16. The molecule has 0 aromatic carbocycles. The van der Waals surface area contributed by atoms with E-state index in [2.05, 4.69) is 19.9 Å². The molecule has 0 unspecified atom stereocenters. The van der Waals surface area contributed by atoms with Crippen LogP contribution >= 0.6 is 0 Å². The van der Waals surface area contributed by atoms with Gasteiger partial charge in [-0.1, -0.05) is 6.07 Å². The molecule has 1 aromatic heterocycles. The average Bonchev–Trinajstić information content (AvgIpc) is 2.49. The van der Waals surface area contributed by atoms with E-state index in [-0.39, 0.29) is 5.75 Å². The lowest BCUT2D eigenvalue weighted by atomic mass is 10.1. The molecule has 7 heteroatoms. The lowest BCUT2D eigenvalue weighted by Crippen LogP contribution is -2.44. The third-order valence-electron chi connectivity index (χ3n) is 3.58. The summed E-state index contributed by atoms with van der Waals surface area (Å²) >= 11 is 0. The SMILES string of the molecule is CNS(=O)(=O)CCNC1CCN(c2ccccn2)CC1. The van der Waals surface area contributed by atoms with Crippen molar-refractivity contribution in [1.29, 1.82) is 0 Å². The predicted octanol–water partition coefficient (Wildman–Crippen LogP) is 0.189. The third-order valence-corrected chi connectivity index (χ3v) is 4.95. The lowest BCUT2D eigenvalue weighted by Gasteiger charge is -2.33. The average molecular weight is 298 g/mol. The zero-order valence-electron chi connectivity index (χ0n) is 11.7. The van der Waals surface area contributed by atoms with Crippen LogP contribution in [0.3, 0.4) is 0 Å². The Morgan fingerprint density at radius 2 is 2.10 bits per heavy atom. The number of hydrogen-bond donors (Lipinski definition) is 2. The van der Waals surface area contributed by atoms with E-state index in [1.54, 1.807) is 0 Å². The number of aromatic nitrogens is 1. The summed E-state index contributed by atoms with van der Waals surface area (Å²) in [5.41, 5.74) is 0. The van der Waals surface area contributed by atoms with E-state index in [9.17, 15) is 8.42 Å². The Labute approximate surface area is 120 Å². The second-order valence-corrected chi connectivity index (χ2v) is 6.97. The Morgan fingerprint density at radius 1 is 1.35 bits per heavy atom. The van der Waals surface area contributed by atoms with E-state index in [4.69, 9.17) is 0 Å². The largest absolute Gasteiger partial charge is 0.357 e. The topological polar surface area (TPSA) is 74.3 Å². The molecule has 0 aliphatic carbocycles. The highest BCUT2D eigenvalue weighted by atomic mass is 32.2. The number of pyridine rings is 1. The second kappa shape index (κ2) is 7.01. The highest BCUT2D eigenvalue weighted by Gasteiger charge is 2.19. The molecule has 1 saturated heterocycles. The molecule has 2 heterocycles. The van der Waals surface area contributed by atoms with E-state index in [1.165, 1.54) is 7.05 Å². The summed E-state index contributed by atoms with van der Waals surface area (Å²) in [6.45, 7) is 2.40. The van der Waals surface area contributed by atoms with Gasteiger partial charge in [0, 0.05) is 31.9 Å². The molecule has 1 aromatic rings. The zero-order valence-corrected chi connectivity index (χ0v) is 12.6. The van der Waals surface area contributed by atoms with Crippen molar-refractivity contribution < 1.29 is 8.42 Å². The number of sulfonamides is 1. The normalized spacial score (nSPS) is 17.4. The molecule has 0 spiro atoms. The Kier molecular flexibility index (Phi) is 5.33. The predicted molar refractivity (Wildman–Crippen MR) is 80.3 cm³/mol. The van der Waals surface area contributed by atoms with Crippen molar-refractivity contribution in [3.63, 3.8) is 0 Å². The van der Waals surface area contributed by atoms with Gasteiger partial charge in [-0.25, -0.2) is 18.1 Å². The molecule has 0 radical (unpaired) electrons. The van der Waals surface area contributed by atoms with Gasteiger partial charge in [-0.05, 0) is 32.0 Å². The summed E-state index contributed by atoms with van der Waals surface area (Å²) < 4.78 is 24.9. The smallest absolute Gasteiger partial charge is 0.212 e. The maximum absolute atomic E-state index is 11.3. The minimum Gasteiger partial charge on any atom is -0.357 e. The van der Waals surface area contributed by atoms with E-state index in [1.807, 2.05) is 24.4 Å². The van der Waals surface area contributed by atoms with Gasteiger partial charge in [-0.15, -0.1) is 0 Å². The van der Waals surface area contributed by atoms with Crippen LogP contribution in [-0.4, -0.2) is 51.9 Å². The van der Waals surface area contributed by atoms with Crippen LogP contribution in [0.1, 0.15) is 12.8 Å². The summed E-state index contributed by atoms with van der Waals surface area (Å²) in [7, 11) is -1.66. The molecule has 1 aliphatic rings. The first-order chi connectivity index (χ1) is 9.61. The monoisotopic (exact) mass is 298 g/mol. The van der Waals surface area contributed by atoms with Crippen molar-refractivity contribution >= 4 is 15.8 Å². The minimum absolute atomic E-state index is 0.129. The fourth-order valence-corrected chi connectivity index (χ4v) is 2.94. The van der Waals surface area contributed by atoms with Gasteiger partial charge in [0.25, 0.3) is 0 Å². The molecule has 0 saturated carbocycles. The maximum atomic E-state index is 11.3. The van der Waals surface area contributed by atoms with Gasteiger partial charge < -0.3 is 10.2 Å². The van der Waals surface area contributed by atoms with Gasteiger partial charge in [0.1, 0.15) is 5.82 Å². The first kappa shape index (κ1) is 15.2. The molecule has 112 valence electrons. The van der Waals surface area contributed by atoms with Gasteiger partial charge in [0.15, 0.2) is 0 Å². The van der Waals surface area contributed by atoms with Crippen molar-refractivity contribution in [2.45, 2.75) is 18.9 Å². The first-order valence-corrected chi connectivity index (χ1v) is 8.56. The fraction of sp³-hybridized carbons (Fsp3) is 0.615. The maximum Gasteiger partial charge on any atom is 0.212 e. The van der Waals surface area contributed by atoms with Gasteiger partial charge in [-0.2, -0.15) is 0 Å². The van der Waals surface area contributed by atoms with Crippen LogP contribution < -0.4 is 14.9 Å². The molecule has 1 fully saturated rings. The lowest BCUT2D eigenvalue weighted by molar-refractivity contribution is 0.422. The van der Waals surface area contributed by atoms with Gasteiger partial charge >= 0.3 is 0 Å². The summed E-state index contributed by atoms with van der Waals surface area (Å²) in [4.78, 5) is 6.62. The first-order valence-electron chi connectivity index (χ1n) is 6.91. The van der Waals surface area contributed by atoms with E-state index >= 15 is 0 Å². The third kappa shape index (κ3) is 4.43. The van der Waals surface area contributed by atoms with Crippen LogP contribution in [0.2, 0.25) is 0 Å². The standard InChI is InChI=1S/C13H22N4O2S/c1-14-20(18,19)11-8-15-12-5-9-17(10-6-12)13-4-2-3-7-16-13/h2-4,7,12,14-15H,5-6,8-11H2,1H3. The van der Waals surface area contributed by atoms with E-state index in [0.29, 0.717) is 12.6 Å². The van der Waals surface area contributed by atoms with Crippen LogP contribution in [0.5, 0.6) is 0 Å². The van der Waals surface area contributed by atoms with Gasteiger partial charge in [0.2, 0.25) is 10.0 Å². The molecule has 0 amide bonds.